The summed E-state index contributed by atoms with van der Waals surface area (Å²) in [7, 11) is 0. The van der Waals surface area contributed by atoms with Crippen LogP contribution in [-0.4, -0.2) is 25.7 Å². The Kier molecular flexibility index (Phi) is 7.70. The third-order valence-corrected chi connectivity index (χ3v) is 3.17. The third kappa shape index (κ3) is 5.55. The summed E-state index contributed by atoms with van der Waals surface area (Å²) in [4.78, 5) is 0. The van der Waals surface area contributed by atoms with Gasteiger partial charge in [-0.05, 0) is 24.4 Å². The molecule has 114 valence electrons. The predicted molar refractivity (Wildman–Crippen MR) is 78.1 cm³/mol. The molecule has 0 bridgehead atoms. The van der Waals surface area contributed by atoms with Crippen LogP contribution in [0.25, 0.3) is 0 Å². The number of ether oxygens (including phenoxy) is 1. The quantitative estimate of drug-likeness (QED) is 0.739. The third-order valence-electron chi connectivity index (χ3n) is 3.17. The van der Waals surface area contributed by atoms with E-state index in [1.165, 1.54) is 0 Å². The van der Waals surface area contributed by atoms with Crippen molar-refractivity contribution >= 4 is 0 Å². The lowest BCUT2D eigenvalue weighted by atomic mass is 9.93. The van der Waals surface area contributed by atoms with Crippen LogP contribution in [0.2, 0.25) is 0 Å². The van der Waals surface area contributed by atoms with Crippen LogP contribution in [-0.2, 0) is 4.74 Å². The number of benzene rings is 1. The number of nitrogens with one attached hydrogen (secondary N) is 1. The molecule has 0 saturated carbocycles. The van der Waals surface area contributed by atoms with Gasteiger partial charge >= 0.3 is 0 Å². The second-order valence-corrected chi connectivity index (χ2v) is 5.28. The summed E-state index contributed by atoms with van der Waals surface area (Å²) in [6.45, 7) is 6.40. The molecule has 2 atom stereocenters. The van der Waals surface area contributed by atoms with E-state index < -0.39 is 13.0 Å². The molecule has 1 rings (SSSR count). The highest BCUT2D eigenvalue weighted by Gasteiger charge is 2.27. The number of hydrogen-bond donors (Lipinski definition) is 1. The zero-order chi connectivity index (χ0) is 15.0. The lowest BCUT2D eigenvalue weighted by molar-refractivity contribution is -0.0568. The smallest absolute Gasteiger partial charge is 0.261 e. The van der Waals surface area contributed by atoms with E-state index in [1.807, 2.05) is 44.2 Å². The van der Waals surface area contributed by atoms with Crippen molar-refractivity contribution in [1.82, 2.24) is 5.32 Å². The van der Waals surface area contributed by atoms with Crippen LogP contribution in [0.4, 0.5) is 8.78 Å². The molecule has 0 fully saturated rings. The van der Waals surface area contributed by atoms with Crippen LogP contribution in [0.15, 0.2) is 30.3 Å². The van der Waals surface area contributed by atoms with Gasteiger partial charge in [0.15, 0.2) is 0 Å². The van der Waals surface area contributed by atoms with Gasteiger partial charge in [0.1, 0.15) is 6.61 Å². The molecule has 2 nitrogen and oxygen atoms in total. The first-order valence-corrected chi connectivity index (χ1v) is 7.24. The predicted octanol–water partition coefficient (Wildman–Crippen LogP) is 4.03. The van der Waals surface area contributed by atoms with E-state index in [0.29, 0.717) is 0 Å². The van der Waals surface area contributed by atoms with E-state index in [-0.39, 0.29) is 18.1 Å². The fourth-order valence-corrected chi connectivity index (χ4v) is 2.24. The molecular weight excluding hydrogens is 260 g/mol. The summed E-state index contributed by atoms with van der Waals surface area (Å²) in [5.74, 6) is 0.156. The van der Waals surface area contributed by atoms with E-state index in [9.17, 15) is 8.78 Å². The van der Waals surface area contributed by atoms with Crippen molar-refractivity contribution in [3.63, 3.8) is 0 Å². The second-order valence-electron chi connectivity index (χ2n) is 5.28. The van der Waals surface area contributed by atoms with E-state index >= 15 is 0 Å². The first-order chi connectivity index (χ1) is 9.56. The molecule has 0 aromatic heterocycles. The Hall–Kier alpha value is -1.00. The van der Waals surface area contributed by atoms with E-state index in [0.717, 1.165) is 18.5 Å². The van der Waals surface area contributed by atoms with Crippen LogP contribution in [0.1, 0.15) is 38.8 Å². The van der Waals surface area contributed by atoms with E-state index in [1.54, 1.807) is 0 Å². The number of hydrogen-bond acceptors (Lipinski definition) is 2. The molecule has 0 aliphatic rings. The largest absolute Gasteiger partial charge is 0.370 e. The van der Waals surface area contributed by atoms with Gasteiger partial charge in [0.2, 0.25) is 0 Å². The SMILES string of the molecule is CCCNC(c1ccccc1)C(OCC(F)F)C(C)C. The maximum atomic E-state index is 12.4. The second kappa shape index (κ2) is 9.03. The molecule has 0 heterocycles. The van der Waals surface area contributed by atoms with Gasteiger partial charge in [0.25, 0.3) is 6.43 Å². The minimum absolute atomic E-state index is 0.0603. The van der Waals surface area contributed by atoms with Crippen molar-refractivity contribution in [2.24, 2.45) is 5.92 Å². The summed E-state index contributed by atoms with van der Waals surface area (Å²) in [6.07, 6.45) is -1.71. The first kappa shape index (κ1) is 17.1. The van der Waals surface area contributed by atoms with Crippen molar-refractivity contribution < 1.29 is 13.5 Å². The van der Waals surface area contributed by atoms with Crippen LogP contribution >= 0.6 is 0 Å². The molecular formula is C16H25F2NO. The Morgan fingerprint density at radius 2 is 1.80 bits per heavy atom. The van der Waals surface area contributed by atoms with Crippen LogP contribution < -0.4 is 5.32 Å². The summed E-state index contributed by atoms with van der Waals surface area (Å²) < 4.78 is 30.3. The average molecular weight is 285 g/mol. The van der Waals surface area contributed by atoms with Crippen molar-refractivity contribution in [3.05, 3.63) is 35.9 Å². The van der Waals surface area contributed by atoms with Gasteiger partial charge < -0.3 is 10.1 Å². The summed E-state index contributed by atoms with van der Waals surface area (Å²) in [5, 5.41) is 3.42. The standard InChI is InChI=1S/C16H25F2NO/c1-4-10-19-15(13-8-6-5-7-9-13)16(12(2)3)20-11-14(17)18/h5-9,12,14-16,19H,4,10-11H2,1-3H3. The minimum atomic E-state index is -2.43. The fraction of sp³-hybridized carbons (Fsp3) is 0.625. The molecule has 0 aliphatic carbocycles. The Labute approximate surface area is 120 Å². The van der Waals surface area contributed by atoms with Crippen molar-refractivity contribution in [2.45, 2.75) is 45.8 Å². The zero-order valence-electron chi connectivity index (χ0n) is 12.5. The monoisotopic (exact) mass is 285 g/mol. The Morgan fingerprint density at radius 1 is 1.15 bits per heavy atom. The van der Waals surface area contributed by atoms with Crippen LogP contribution in [0.3, 0.4) is 0 Å². The van der Waals surface area contributed by atoms with Crippen molar-refractivity contribution in [1.29, 1.82) is 0 Å². The highest BCUT2D eigenvalue weighted by molar-refractivity contribution is 5.20. The Morgan fingerprint density at radius 3 is 2.30 bits per heavy atom. The Bertz CT molecular complexity index is 357. The van der Waals surface area contributed by atoms with Gasteiger partial charge in [-0.1, -0.05) is 51.1 Å². The van der Waals surface area contributed by atoms with Gasteiger partial charge in [0.05, 0.1) is 12.1 Å². The van der Waals surface area contributed by atoms with Crippen LogP contribution in [0, 0.1) is 5.92 Å². The van der Waals surface area contributed by atoms with E-state index in [4.69, 9.17) is 4.74 Å². The zero-order valence-corrected chi connectivity index (χ0v) is 12.5. The summed E-state index contributed by atoms with van der Waals surface area (Å²) in [5.41, 5.74) is 1.08. The molecule has 1 aromatic rings. The lowest BCUT2D eigenvalue weighted by Crippen LogP contribution is -2.38. The number of rotatable bonds is 9. The van der Waals surface area contributed by atoms with Crippen molar-refractivity contribution in [2.75, 3.05) is 13.2 Å². The van der Waals surface area contributed by atoms with Gasteiger partial charge in [-0.15, -0.1) is 0 Å². The number of halogens is 2. The van der Waals surface area contributed by atoms with Gasteiger partial charge in [-0.2, -0.15) is 0 Å². The van der Waals surface area contributed by atoms with E-state index in [2.05, 4.69) is 12.2 Å². The van der Waals surface area contributed by atoms with Crippen LogP contribution in [0.5, 0.6) is 0 Å². The lowest BCUT2D eigenvalue weighted by Gasteiger charge is -2.31. The molecule has 0 amide bonds. The Balaban J connectivity index is 2.86. The highest BCUT2D eigenvalue weighted by Crippen LogP contribution is 2.25. The minimum Gasteiger partial charge on any atom is -0.370 e. The van der Waals surface area contributed by atoms with Gasteiger partial charge in [-0.3, -0.25) is 0 Å². The number of alkyl halides is 2. The topological polar surface area (TPSA) is 21.3 Å². The summed E-state index contributed by atoms with van der Waals surface area (Å²) >= 11 is 0. The van der Waals surface area contributed by atoms with Crippen molar-refractivity contribution in [3.8, 4) is 0 Å². The molecule has 0 spiro atoms. The molecule has 20 heavy (non-hydrogen) atoms. The normalized spacial score (nSPS) is 14.8. The fourth-order valence-electron chi connectivity index (χ4n) is 2.24. The average Bonchev–Trinajstić information content (AvgIpc) is 2.42. The first-order valence-electron chi connectivity index (χ1n) is 7.24. The molecule has 0 radical (unpaired) electrons. The van der Waals surface area contributed by atoms with Gasteiger partial charge in [0, 0.05) is 0 Å². The maximum Gasteiger partial charge on any atom is 0.261 e. The molecule has 2 unspecified atom stereocenters. The highest BCUT2D eigenvalue weighted by atomic mass is 19.3. The molecule has 1 aromatic carbocycles. The molecule has 4 heteroatoms. The molecule has 0 aliphatic heterocycles. The van der Waals surface area contributed by atoms with Gasteiger partial charge in [-0.25, -0.2) is 8.78 Å². The molecule has 0 saturated heterocycles. The summed E-state index contributed by atoms with van der Waals surface area (Å²) in [6, 6.07) is 9.82. The maximum absolute atomic E-state index is 12.4. The molecule has 1 N–H and O–H groups in total.